The molecule has 0 aromatic heterocycles. The Bertz CT molecular complexity index is 664. The number of nitrogens with two attached hydrogens (primary N) is 1. The summed E-state index contributed by atoms with van der Waals surface area (Å²) < 4.78 is 19.3. The Morgan fingerprint density at radius 2 is 2.05 bits per heavy atom. The molecule has 20 heavy (non-hydrogen) atoms. The number of nitrogens with zero attached hydrogens (tertiary/aromatic N) is 1. The highest BCUT2D eigenvalue weighted by molar-refractivity contribution is 9.10. The van der Waals surface area contributed by atoms with Crippen LogP contribution in [0.3, 0.4) is 0 Å². The summed E-state index contributed by atoms with van der Waals surface area (Å²) in [5.41, 5.74) is 5.77. The summed E-state index contributed by atoms with van der Waals surface area (Å²) in [6.07, 6.45) is 0. The summed E-state index contributed by atoms with van der Waals surface area (Å²) >= 11 is 3.15. The molecule has 0 saturated carbocycles. The number of nitro benzene ring substituents is 1. The molecule has 0 aliphatic carbocycles. The zero-order valence-corrected chi connectivity index (χ0v) is 11.8. The van der Waals surface area contributed by atoms with Crippen molar-refractivity contribution in [3.05, 3.63) is 62.4 Å². The Morgan fingerprint density at radius 1 is 1.30 bits per heavy atom. The van der Waals surface area contributed by atoms with Gasteiger partial charge in [0.25, 0.3) is 0 Å². The molecule has 0 aliphatic heterocycles. The van der Waals surface area contributed by atoms with Crippen LogP contribution in [0.2, 0.25) is 0 Å². The lowest BCUT2D eigenvalue weighted by molar-refractivity contribution is -0.385. The second-order valence-corrected chi connectivity index (χ2v) is 4.89. The van der Waals surface area contributed by atoms with Crippen molar-refractivity contribution in [2.24, 2.45) is 5.73 Å². The number of ether oxygens (including phenoxy) is 1. The number of halogens is 2. The minimum absolute atomic E-state index is 0.0340. The van der Waals surface area contributed by atoms with E-state index in [9.17, 15) is 14.5 Å². The number of hydrogen-bond acceptors (Lipinski definition) is 4. The van der Waals surface area contributed by atoms with Crippen LogP contribution in [0.5, 0.6) is 11.5 Å². The third-order valence-electron chi connectivity index (χ3n) is 2.51. The van der Waals surface area contributed by atoms with Crippen molar-refractivity contribution in [1.82, 2.24) is 0 Å². The van der Waals surface area contributed by atoms with Crippen molar-refractivity contribution in [2.75, 3.05) is 0 Å². The van der Waals surface area contributed by atoms with Crippen molar-refractivity contribution in [3.8, 4) is 11.5 Å². The van der Waals surface area contributed by atoms with Gasteiger partial charge >= 0.3 is 5.69 Å². The number of rotatable bonds is 4. The van der Waals surface area contributed by atoms with Crippen LogP contribution in [0.15, 0.2) is 40.9 Å². The maximum absolute atomic E-state index is 13.4. The van der Waals surface area contributed by atoms with E-state index >= 15 is 0 Å². The van der Waals surface area contributed by atoms with E-state index in [1.165, 1.54) is 24.3 Å². The summed E-state index contributed by atoms with van der Waals surface area (Å²) in [6.45, 7) is 0.149. The minimum Gasteiger partial charge on any atom is -0.450 e. The van der Waals surface area contributed by atoms with Crippen LogP contribution < -0.4 is 10.5 Å². The van der Waals surface area contributed by atoms with Gasteiger partial charge in [-0.15, -0.1) is 0 Å². The average molecular weight is 341 g/mol. The van der Waals surface area contributed by atoms with E-state index in [1.807, 2.05) is 0 Å². The third-order valence-corrected chi connectivity index (χ3v) is 3.01. The lowest BCUT2D eigenvalue weighted by Gasteiger charge is -2.08. The fourth-order valence-electron chi connectivity index (χ4n) is 1.64. The SMILES string of the molecule is NCc1cc(F)cc(Oc2ccc(Br)cc2[N+](=O)[O-])c1. The number of nitro groups is 1. The minimum atomic E-state index is -0.566. The second kappa shape index (κ2) is 5.98. The molecule has 0 amide bonds. The molecule has 0 aliphatic rings. The quantitative estimate of drug-likeness (QED) is 0.679. The van der Waals surface area contributed by atoms with Crippen LogP contribution in [-0.2, 0) is 6.54 Å². The molecule has 7 heteroatoms. The molecule has 0 spiro atoms. The monoisotopic (exact) mass is 340 g/mol. The van der Waals surface area contributed by atoms with E-state index in [0.29, 0.717) is 10.0 Å². The third kappa shape index (κ3) is 3.31. The Kier molecular flexibility index (Phi) is 4.31. The van der Waals surface area contributed by atoms with Gasteiger partial charge in [0.15, 0.2) is 0 Å². The molecular weight excluding hydrogens is 331 g/mol. The Balaban J connectivity index is 2.39. The van der Waals surface area contributed by atoms with Crippen molar-refractivity contribution >= 4 is 21.6 Å². The molecule has 104 valence electrons. The maximum Gasteiger partial charge on any atom is 0.312 e. The van der Waals surface area contributed by atoms with Gasteiger partial charge in [-0.05, 0) is 29.8 Å². The van der Waals surface area contributed by atoms with Gasteiger partial charge in [0.2, 0.25) is 5.75 Å². The molecule has 0 bridgehead atoms. The first-order chi connectivity index (χ1) is 9.49. The van der Waals surface area contributed by atoms with E-state index in [0.717, 1.165) is 6.07 Å². The maximum atomic E-state index is 13.4. The van der Waals surface area contributed by atoms with Crippen LogP contribution in [0.25, 0.3) is 0 Å². The summed E-state index contributed by atoms with van der Waals surface area (Å²) in [6, 6.07) is 8.32. The molecule has 2 aromatic rings. The van der Waals surface area contributed by atoms with Gasteiger partial charge in [0, 0.05) is 23.2 Å². The summed E-state index contributed by atoms with van der Waals surface area (Å²) in [5.74, 6) is -0.314. The van der Waals surface area contributed by atoms with Crippen molar-refractivity contribution in [3.63, 3.8) is 0 Å². The fourth-order valence-corrected chi connectivity index (χ4v) is 1.99. The van der Waals surface area contributed by atoms with E-state index in [1.54, 1.807) is 6.07 Å². The zero-order valence-electron chi connectivity index (χ0n) is 10.2. The highest BCUT2D eigenvalue weighted by atomic mass is 79.9. The van der Waals surface area contributed by atoms with Crippen molar-refractivity contribution < 1.29 is 14.1 Å². The van der Waals surface area contributed by atoms with E-state index in [2.05, 4.69) is 15.9 Å². The van der Waals surface area contributed by atoms with E-state index < -0.39 is 10.7 Å². The molecule has 0 radical (unpaired) electrons. The van der Waals surface area contributed by atoms with Crippen LogP contribution >= 0.6 is 15.9 Å². The largest absolute Gasteiger partial charge is 0.450 e. The molecule has 2 rings (SSSR count). The lowest BCUT2D eigenvalue weighted by atomic mass is 10.2. The van der Waals surface area contributed by atoms with Gasteiger partial charge in [-0.25, -0.2) is 4.39 Å². The van der Waals surface area contributed by atoms with Crippen LogP contribution in [0.4, 0.5) is 10.1 Å². The standard InChI is InChI=1S/C13H10BrFN2O3/c14-9-1-2-13(12(5-9)17(18)19)20-11-4-8(7-16)3-10(15)6-11/h1-6H,7,16H2. The molecule has 0 fully saturated rings. The van der Waals surface area contributed by atoms with Gasteiger partial charge in [0.1, 0.15) is 11.6 Å². The van der Waals surface area contributed by atoms with Crippen molar-refractivity contribution in [1.29, 1.82) is 0 Å². The van der Waals surface area contributed by atoms with E-state index in [4.69, 9.17) is 10.5 Å². The molecule has 2 aromatic carbocycles. The van der Waals surface area contributed by atoms with Gasteiger partial charge in [-0.2, -0.15) is 0 Å². The summed E-state index contributed by atoms with van der Waals surface area (Å²) in [5, 5.41) is 11.0. The van der Waals surface area contributed by atoms with Crippen molar-refractivity contribution in [2.45, 2.75) is 6.54 Å². The first-order valence-electron chi connectivity index (χ1n) is 5.61. The average Bonchev–Trinajstić information content (AvgIpc) is 2.40. The Hall–Kier alpha value is -1.99. The van der Waals surface area contributed by atoms with Gasteiger partial charge in [0.05, 0.1) is 4.92 Å². The molecule has 0 unspecified atom stereocenters. The molecule has 0 saturated heterocycles. The summed E-state index contributed by atoms with van der Waals surface area (Å²) in [7, 11) is 0. The highest BCUT2D eigenvalue weighted by Crippen LogP contribution is 2.34. The highest BCUT2D eigenvalue weighted by Gasteiger charge is 2.16. The van der Waals surface area contributed by atoms with E-state index in [-0.39, 0.29) is 23.7 Å². The smallest absolute Gasteiger partial charge is 0.312 e. The number of benzene rings is 2. The second-order valence-electron chi connectivity index (χ2n) is 3.97. The first-order valence-corrected chi connectivity index (χ1v) is 6.40. The number of hydrogen-bond donors (Lipinski definition) is 1. The molecule has 0 atom stereocenters. The molecular formula is C13H10BrFN2O3. The molecule has 2 N–H and O–H groups in total. The normalized spacial score (nSPS) is 10.3. The topological polar surface area (TPSA) is 78.4 Å². The Labute approximate surface area is 122 Å². The predicted octanol–water partition coefficient (Wildman–Crippen LogP) is 3.75. The zero-order chi connectivity index (χ0) is 14.7. The Morgan fingerprint density at radius 3 is 2.70 bits per heavy atom. The van der Waals surface area contributed by atoms with Gasteiger partial charge < -0.3 is 10.5 Å². The first kappa shape index (κ1) is 14.4. The predicted molar refractivity (Wildman–Crippen MR) is 75.2 cm³/mol. The van der Waals surface area contributed by atoms with Gasteiger partial charge in [-0.3, -0.25) is 10.1 Å². The lowest BCUT2D eigenvalue weighted by Crippen LogP contribution is -1.98. The van der Waals surface area contributed by atoms with Crippen LogP contribution in [0.1, 0.15) is 5.56 Å². The van der Waals surface area contributed by atoms with Gasteiger partial charge in [-0.1, -0.05) is 15.9 Å². The summed E-state index contributed by atoms with van der Waals surface area (Å²) in [4.78, 5) is 10.4. The molecule has 0 heterocycles. The van der Waals surface area contributed by atoms with Crippen LogP contribution in [0, 0.1) is 15.9 Å². The van der Waals surface area contributed by atoms with Crippen LogP contribution in [-0.4, -0.2) is 4.92 Å². The molecule has 5 nitrogen and oxygen atoms in total. The fraction of sp³-hybridized carbons (Fsp3) is 0.0769.